The van der Waals surface area contributed by atoms with Gasteiger partial charge in [0, 0.05) is 29.1 Å². The molecular weight excluding hydrogens is 250 g/mol. The fourth-order valence-corrected chi connectivity index (χ4v) is 2.33. The number of hydrogen-bond acceptors (Lipinski definition) is 2. The standard InChI is InChI=1S/C14H22ClNS/c1-11(2)12(3)16-8-9-17-10-13-4-6-14(15)7-5-13/h4-7,11-12,16H,8-10H2,1-3H3. The van der Waals surface area contributed by atoms with E-state index >= 15 is 0 Å². The van der Waals surface area contributed by atoms with E-state index in [1.807, 2.05) is 23.9 Å². The number of hydrogen-bond donors (Lipinski definition) is 1. The molecule has 0 aromatic heterocycles. The maximum atomic E-state index is 5.84. The predicted molar refractivity (Wildman–Crippen MR) is 79.9 cm³/mol. The van der Waals surface area contributed by atoms with Crippen LogP contribution in [-0.4, -0.2) is 18.3 Å². The summed E-state index contributed by atoms with van der Waals surface area (Å²) in [6.45, 7) is 7.82. The summed E-state index contributed by atoms with van der Waals surface area (Å²) in [6.07, 6.45) is 0. The summed E-state index contributed by atoms with van der Waals surface area (Å²) in [4.78, 5) is 0. The highest BCUT2D eigenvalue weighted by Gasteiger charge is 2.04. The van der Waals surface area contributed by atoms with Crippen LogP contribution in [0.15, 0.2) is 24.3 Å². The van der Waals surface area contributed by atoms with Crippen LogP contribution < -0.4 is 5.32 Å². The predicted octanol–water partition coefficient (Wildman–Crippen LogP) is 4.21. The number of thioether (sulfide) groups is 1. The highest BCUT2D eigenvalue weighted by Crippen LogP contribution is 2.15. The minimum atomic E-state index is 0.603. The van der Waals surface area contributed by atoms with E-state index in [1.54, 1.807) is 0 Å². The normalized spacial score (nSPS) is 13.0. The topological polar surface area (TPSA) is 12.0 Å². The van der Waals surface area contributed by atoms with Crippen molar-refractivity contribution in [3.63, 3.8) is 0 Å². The van der Waals surface area contributed by atoms with Gasteiger partial charge in [0.2, 0.25) is 0 Å². The van der Waals surface area contributed by atoms with Crippen LogP contribution in [0.5, 0.6) is 0 Å². The van der Waals surface area contributed by atoms with Crippen molar-refractivity contribution in [3.05, 3.63) is 34.9 Å². The third-order valence-electron chi connectivity index (χ3n) is 2.89. The second kappa shape index (κ2) is 8.02. The lowest BCUT2D eigenvalue weighted by atomic mass is 10.1. The van der Waals surface area contributed by atoms with Gasteiger partial charge in [0.15, 0.2) is 0 Å². The van der Waals surface area contributed by atoms with Crippen LogP contribution in [-0.2, 0) is 5.75 Å². The summed E-state index contributed by atoms with van der Waals surface area (Å²) in [7, 11) is 0. The first-order valence-electron chi connectivity index (χ1n) is 6.15. The first kappa shape index (κ1) is 14.9. The average Bonchev–Trinajstić information content (AvgIpc) is 2.30. The second-order valence-electron chi connectivity index (χ2n) is 4.67. The molecule has 0 radical (unpaired) electrons. The van der Waals surface area contributed by atoms with Crippen LogP contribution in [0.2, 0.25) is 5.02 Å². The summed E-state index contributed by atoms with van der Waals surface area (Å²) < 4.78 is 0. The molecule has 3 heteroatoms. The molecule has 1 atom stereocenters. The molecule has 0 fully saturated rings. The van der Waals surface area contributed by atoms with Gasteiger partial charge in [-0.3, -0.25) is 0 Å². The van der Waals surface area contributed by atoms with Gasteiger partial charge in [-0.15, -0.1) is 0 Å². The van der Waals surface area contributed by atoms with Crippen LogP contribution >= 0.6 is 23.4 Å². The Kier molecular flexibility index (Phi) is 7.02. The quantitative estimate of drug-likeness (QED) is 0.746. The molecule has 0 heterocycles. The molecular formula is C14H22ClNS. The fraction of sp³-hybridized carbons (Fsp3) is 0.571. The molecule has 1 unspecified atom stereocenters. The van der Waals surface area contributed by atoms with Crippen molar-refractivity contribution in [3.8, 4) is 0 Å². The lowest BCUT2D eigenvalue weighted by molar-refractivity contribution is 0.438. The minimum Gasteiger partial charge on any atom is -0.313 e. The molecule has 1 rings (SSSR count). The Morgan fingerprint density at radius 1 is 1.18 bits per heavy atom. The zero-order valence-corrected chi connectivity index (χ0v) is 12.4. The van der Waals surface area contributed by atoms with E-state index in [4.69, 9.17) is 11.6 Å². The van der Waals surface area contributed by atoms with Crippen molar-refractivity contribution in [2.24, 2.45) is 5.92 Å². The summed E-state index contributed by atoms with van der Waals surface area (Å²) in [5, 5.41) is 4.35. The maximum absolute atomic E-state index is 5.84. The molecule has 0 saturated carbocycles. The second-order valence-corrected chi connectivity index (χ2v) is 6.21. The molecule has 0 amide bonds. The van der Waals surface area contributed by atoms with E-state index in [0.29, 0.717) is 12.0 Å². The molecule has 1 aromatic rings. The SMILES string of the molecule is CC(C)C(C)NCCSCc1ccc(Cl)cc1. The van der Waals surface area contributed by atoms with Crippen molar-refractivity contribution in [2.75, 3.05) is 12.3 Å². The van der Waals surface area contributed by atoms with Crippen LogP contribution in [0.3, 0.4) is 0 Å². The highest BCUT2D eigenvalue weighted by atomic mass is 35.5. The molecule has 0 spiro atoms. The van der Waals surface area contributed by atoms with Gasteiger partial charge in [0.05, 0.1) is 0 Å². The molecule has 1 N–H and O–H groups in total. The maximum Gasteiger partial charge on any atom is 0.0406 e. The van der Waals surface area contributed by atoms with Crippen molar-refractivity contribution >= 4 is 23.4 Å². The summed E-state index contributed by atoms with van der Waals surface area (Å²) in [6, 6.07) is 8.71. The molecule has 1 nitrogen and oxygen atoms in total. The van der Waals surface area contributed by atoms with E-state index in [9.17, 15) is 0 Å². The Bertz CT molecular complexity index is 311. The zero-order valence-electron chi connectivity index (χ0n) is 10.9. The van der Waals surface area contributed by atoms with Gasteiger partial charge < -0.3 is 5.32 Å². The van der Waals surface area contributed by atoms with Crippen LogP contribution in [0.1, 0.15) is 26.3 Å². The lowest BCUT2D eigenvalue weighted by Gasteiger charge is -2.17. The fourth-order valence-electron chi connectivity index (χ4n) is 1.37. The van der Waals surface area contributed by atoms with Crippen molar-refractivity contribution in [1.82, 2.24) is 5.32 Å². The van der Waals surface area contributed by atoms with E-state index < -0.39 is 0 Å². The molecule has 0 aliphatic carbocycles. The summed E-state index contributed by atoms with van der Waals surface area (Å²) in [5.41, 5.74) is 1.34. The first-order valence-corrected chi connectivity index (χ1v) is 7.68. The summed E-state index contributed by atoms with van der Waals surface area (Å²) >= 11 is 7.80. The van der Waals surface area contributed by atoms with Gasteiger partial charge in [-0.2, -0.15) is 11.8 Å². The van der Waals surface area contributed by atoms with Crippen LogP contribution in [0, 0.1) is 5.92 Å². The van der Waals surface area contributed by atoms with Crippen LogP contribution in [0.4, 0.5) is 0 Å². The van der Waals surface area contributed by atoms with Gasteiger partial charge in [-0.05, 0) is 30.5 Å². The minimum absolute atomic E-state index is 0.603. The van der Waals surface area contributed by atoms with Crippen LogP contribution in [0.25, 0.3) is 0 Å². The smallest absolute Gasteiger partial charge is 0.0406 e. The first-order chi connectivity index (χ1) is 8.09. The number of nitrogens with one attached hydrogen (secondary N) is 1. The van der Waals surface area contributed by atoms with E-state index in [0.717, 1.165) is 23.1 Å². The zero-order chi connectivity index (χ0) is 12.7. The third-order valence-corrected chi connectivity index (χ3v) is 4.18. The Morgan fingerprint density at radius 3 is 2.41 bits per heavy atom. The Balaban J connectivity index is 2.10. The van der Waals surface area contributed by atoms with Gasteiger partial charge in [-0.25, -0.2) is 0 Å². The molecule has 0 saturated heterocycles. The van der Waals surface area contributed by atoms with Crippen molar-refractivity contribution in [1.29, 1.82) is 0 Å². The molecule has 1 aromatic carbocycles. The highest BCUT2D eigenvalue weighted by molar-refractivity contribution is 7.98. The third kappa shape index (κ3) is 6.35. The van der Waals surface area contributed by atoms with E-state index in [1.165, 1.54) is 5.56 Å². The monoisotopic (exact) mass is 271 g/mol. The Labute approximate surface area is 114 Å². The van der Waals surface area contributed by atoms with E-state index in [2.05, 4.69) is 38.2 Å². The average molecular weight is 272 g/mol. The molecule has 0 aliphatic rings. The van der Waals surface area contributed by atoms with Crippen molar-refractivity contribution in [2.45, 2.75) is 32.6 Å². The van der Waals surface area contributed by atoms with E-state index in [-0.39, 0.29) is 0 Å². The molecule has 17 heavy (non-hydrogen) atoms. The Hall–Kier alpha value is -0.180. The van der Waals surface area contributed by atoms with Gasteiger partial charge in [0.25, 0.3) is 0 Å². The molecule has 0 aliphatic heterocycles. The largest absolute Gasteiger partial charge is 0.313 e. The number of rotatable bonds is 7. The number of halogens is 1. The summed E-state index contributed by atoms with van der Waals surface area (Å²) in [5.74, 6) is 2.92. The Morgan fingerprint density at radius 2 is 1.82 bits per heavy atom. The lowest BCUT2D eigenvalue weighted by Crippen LogP contribution is -2.32. The van der Waals surface area contributed by atoms with Gasteiger partial charge in [0.1, 0.15) is 0 Å². The molecule has 96 valence electrons. The van der Waals surface area contributed by atoms with Gasteiger partial charge >= 0.3 is 0 Å². The van der Waals surface area contributed by atoms with Gasteiger partial charge in [-0.1, -0.05) is 37.6 Å². The molecule has 0 bridgehead atoms. The number of benzene rings is 1. The van der Waals surface area contributed by atoms with Crippen molar-refractivity contribution < 1.29 is 0 Å².